The van der Waals surface area contributed by atoms with Crippen molar-refractivity contribution in [2.24, 2.45) is 5.73 Å². The van der Waals surface area contributed by atoms with Crippen LogP contribution in [0, 0.1) is 0 Å². The Morgan fingerprint density at radius 3 is 2.88 bits per heavy atom. The molecule has 0 atom stereocenters. The molecule has 0 radical (unpaired) electrons. The van der Waals surface area contributed by atoms with Gasteiger partial charge in [-0.15, -0.1) is 0 Å². The zero-order valence-electron chi connectivity index (χ0n) is 9.23. The van der Waals surface area contributed by atoms with Gasteiger partial charge in [-0.3, -0.25) is 0 Å². The summed E-state index contributed by atoms with van der Waals surface area (Å²) in [5.74, 6) is -0.277. The molecule has 1 aliphatic carbocycles. The quantitative estimate of drug-likeness (QED) is 0.771. The Kier molecular flexibility index (Phi) is 2.91. The molecule has 1 aliphatic rings. The number of esters is 1. The van der Waals surface area contributed by atoms with Crippen LogP contribution in [0.3, 0.4) is 0 Å². The highest BCUT2D eigenvalue weighted by atomic mass is 16.5. The summed E-state index contributed by atoms with van der Waals surface area (Å²) in [6.07, 6.45) is 3.73. The smallest absolute Gasteiger partial charge is 0.379 e. The summed E-state index contributed by atoms with van der Waals surface area (Å²) in [6.45, 7) is 2.01. The molecule has 6 nitrogen and oxygen atoms in total. The largest absolute Gasteiger partial charge is 0.460 e. The number of hydrogen-bond acceptors (Lipinski definition) is 6. The molecule has 1 fully saturated rings. The Morgan fingerprint density at radius 1 is 1.56 bits per heavy atom. The number of nitrogens with zero attached hydrogens (tertiary/aromatic N) is 2. The first-order valence-corrected chi connectivity index (χ1v) is 5.46. The minimum absolute atomic E-state index is 0.0476. The van der Waals surface area contributed by atoms with Gasteiger partial charge in [0.1, 0.15) is 0 Å². The van der Waals surface area contributed by atoms with Gasteiger partial charge in [0, 0.05) is 0 Å². The summed E-state index contributed by atoms with van der Waals surface area (Å²) in [5, 5.41) is 3.58. The third kappa shape index (κ3) is 1.92. The zero-order valence-corrected chi connectivity index (χ0v) is 9.23. The van der Waals surface area contributed by atoms with Crippen LogP contribution in [-0.4, -0.2) is 22.7 Å². The van der Waals surface area contributed by atoms with E-state index >= 15 is 0 Å². The molecule has 1 heterocycles. The van der Waals surface area contributed by atoms with E-state index < -0.39 is 11.5 Å². The Balaban J connectivity index is 2.16. The average Bonchev–Trinajstić information content (AvgIpc) is 2.86. The van der Waals surface area contributed by atoms with Gasteiger partial charge in [-0.1, -0.05) is 12.8 Å². The van der Waals surface area contributed by atoms with Crippen molar-refractivity contribution in [1.29, 1.82) is 0 Å². The first-order valence-electron chi connectivity index (χ1n) is 5.46. The highest BCUT2D eigenvalue weighted by Gasteiger charge is 2.37. The second-order valence-electron chi connectivity index (χ2n) is 4.01. The van der Waals surface area contributed by atoms with Gasteiger partial charge in [0.05, 0.1) is 12.1 Å². The number of ether oxygens (including phenoxy) is 1. The number of carbonyl (C=O) groups excluding carboxylic acids is 1. The van der Waals surface area contributed by atoms with Crippen LogP contribution < -0.4 is 5.73 Å². The van der Waals surface area contributed by atoms with Crippen LogP contribution >= 0.6 is 0 Å². The van der Waals surface area contributed by atoms with E-state index in [2.05, 4.69) is 10.1 Å². The van der Waals surface area contributed by atoms with Crippen molar-refractivity contribution < 1.29 is 14.1 Å². The van der Waals surface area contributed by atoms with E-state index in [-0.39, 0.29) is 12.4 Å². The molecule has 88 valence electrons. The van der Waals surface area contributed by atoms with Gasteiger partial charge in [0.25, 0.3) is 5.82 Å². The summed E-state index contributed by atoms with van der Waals surface area (Å²) in [7, 11) is 0. The Bertz CT molecular complexity index is 382. The molecule has 0 aliphatic heterocycles. The third-order valence-electron chi connectivity index (χ3n) is 2.81. The maximum atomic E-state index is 11.3. The fourth-order valence-corrected chi connectivity index (χ4v) is 1.92. The summed E-state index contributed by atoms with van der Waals surface area (Å²) >= 11 is 0. The van der Waals surface area contributed by atoms with Crippen LogP contribution in [0.1, 0.15) is 49.1 Å². The average molecular weight is 225 g/mol. The zero-order chi connectivity index (χ0) is 11.6. The van der Waals surface area contributed by atoms with Crippen LogP contribution in [0.2, 0.25) is 0 Å². The predicted molar refractivity (Wildman–Crippen MR) is 54.6 cm³/mol. The van der Waals surface area contributed by atoms with Crippen LogP contribution in [0.5, 0.6) is 0 Å². The number of rotatable bonds is 3. The molecular weight excluding hydrogens is 210 g/mol. The molecule has 0 bridgehead atoms. The van der Waals surface area contributed by atoms with E-state index in [0.29, 0.717) is 5.89 Å². The van der Waals surface area contributed by atoms with Gasteiger partial charge in [0.15, 0.2) is 0 Å². The summed E-state index contributed by atoms with van der Waals surface area (Å²) < 4.78 is 9.80. The summed E-state index contributed by atoms with van der Waals surface area (Å²) in [5.41, 5.74) is 5.56. The van der Waals surface area contributed by atoms with Crippen molar-refractivity contribution >= 4 is 5.97 Å². The summed E-state index contributed by atoms with van der Waals surface area (Å²) in [4.78, 5) is 15.3. The lowest BCUT2D eigenvalue weighted by atomic mass is 9.99. The van der Waals surface area contributed by atoms with E-state index in [0.717, 1.165) is 25.7 Å². The molecule has 2 N–H and O–H groups in total. The number of carbonyl (C=O) groups is 1. The molecule has 16 heavy (non-hydrogen) atoms. The van der Waals surface area contributed by atoms with E-state index in [1.165, 1.54) is 0 Å². The van der Waals surface area contributed by atoms with E-state index in [4.69, 9.17) is 15.0 Å². The van der Waals surface area contributed by atoms with Crippen LogP contribution in [-0.2, 0) is 10.3 Å². The first-order chi connectivity index (χ1) is 7.65. The monoisotopic (exact) mass is 225 g/mol. The molecule has 1 aromatic rings. The van der Waals surface area contributed by atoms with Crippen molar-refractivity contribution in [3.8, 4) is 0 Å². The summed E-state index contributed by atoms with van der Waals surface area (Å²) in [6, 6.07) is 0. The van der Waals surface area contributed by atoms with Gasteiger partial charge in [-0.25, -0.2) is 4.79 Å². The minimum Gasteiger partial charge on any atom is -0.460 e. The fourth-order valence-electron chi connectivity index (χ4n) is 1.92. The van der Waals surface area contributed by atoms with Crippen molar-refractivity contribution in [3.63, 3.8) is 0 Å². The van der Waals surface area contributed by atoms with E-state index in [9.17, 15) is 4.79 Å². The van der Waals surface area contributed by atoms with Gasteiger partial charge >= 0.3 is 5.97 Å². The molecule has 2 rings (SSSR count). The highest BCUT2D eigenvalue weighted by Crippen LogP contribution is 2.35. The standard InChI is InChI=1S/C10H15N3O3/c1-2-15-8(14)7-12-9(16-13-7)10(11)5-3-4-6-10/h2-6,11H2,1H3. The lowest BCUT2D eigenvalue weighted by Gasteiger charge is -2.16. The number of hydrogen-bond donors (Lipinski definition) is 1. The second kappa shape index (κ2) is 4.21. The first kappa shape index (κ1) is 11.1. The van der Waals surface area contributed by atoms with Crippen molar-refractivity contribution in [2.45, 2.75) is 38.1 Å². The lowest BCUT2D eigenvalue weighted by Crippen LogP contribution is -2.33. The molecule has 1 aromatic heterocycles. The third-order valence-corrected chi connectivity index (χ3v) is 2.81. The maximum absolute atomic E-state index is 11.3. The van der Waals surface area contributed by atoms with Crippen LogP contribution in [0.15, 0.2) is 4.52 Å². The molecule has 6 heteroatoms. The number of aromatic nitrogens is 2. The topological polar surface area (TPSA) is 91.2 Å². The maximum Gasteiger partial charge on any atom is 0.379 e. The van der Waals surface area contributed by atoms with E-state index in [1.54, 1.807) is 6.92 Å². The molecule has 1 saturated carbocycles. The van der Waals surface area contributed by atoms with Gasteiger partial charge in [-0.05, 0) is 24.9 Å². The SMILES string of the molecule is CCOC(=O)c1noc(C2(N)CCCC2)n1. The Morgan fingerprint density at radius 2 is 2.25 bits per heavy atom. The van der Waals surface area contributed by atoms with Gasteiger partial charge in [-0.2, -0.15) is 4.98 Å². The van der Waals surface area contributed by atoms with Crippen LogP contribution in [0.25, 0.3) is 0 Å². The van der Waals surface area contributed by atoms with Crippen LogP contribution in [0.4, 0.5) is 0 Å². The molecular formula is C10H15N3O3. The normalized spacial score (nSPS) is 18.6. The highest BCUT2D eigenvalue weighted by molar-refractivity contribution is 5.84. The predicted octanol–water partition coefficient (Wildman–Crippen LogP) is 0.974. The number of nitrogens with two attached hydrogens (primary N) is 1. The Hall–Kier alpha value is -1.43. The molecule has 0 spiro atoms. The van der Waals surface area contributed by atoms with Crippen molar-refractivity contribution in [1.82, 2.24) is 10.1 Å². The fraction of sp³-hybridized carbons (Fsp3) is 0.700. The molecule has 0 amide bonds. The molecule has 0 saturated heterocycles. The van der Waals surface area contributed by atoms with Gasteiger partial charge in [0.2, 0.25) is 5.89 Å². The second-order valence-corrected chi connectivity index (χ2v) is 4.01. The van der Waals surface area contributed by atoms with E-state index in [1.807, 2.05) is 0 Å². The van der Waals surface area contributed by atoms with Crippen molar-refractivity contribution in [3.05, 3.63) is 11.7 Å². The Labute approximate surface area is 93.1 Å². The molecule has 0 unspecified atom stereocenters. The van der Waals surface area contributed by atoms with Crippen molar-refractivity contribution in [2.75, 3.05) is 6.61 Å². The molecule has 0 aromatic carbocycles. The van der Waals surface area contributed by atoms with Gasteiger partial charge < -0.3 is 15.0 Å². The lowest BCUT2D eigenvalue weighted by molar-refractivity contribution is 0.0508. The minimum atomic E-state index is -0.570.